The third kappa shape index (κ3) is 2.28. The van der Waals surface area contributed by atoms with Gasteiger partial charge in [0.1, 0.15) is 0 Å². The molecule has 4 heteroatoms. The van der Waals surface area contributed by atoms with Gasteiger partial charge in [-0.3, -0.25) is 0 Å². The first-order valence-electron chi connectivity index (χ1n) is 4.30. The number of hydrogen-bond donors (Lipinski definition) is 2. The van der Waals surface area contributed by atoms with Gasteiger partial charge in [0.25, 0.3) is 0 Å². The van der Waals surface area contributed by atoms with Crippen molar-refractivity contribution in [2.45, 2.75) is 12.3 Å². The van der Waals surface area contributed by atoms with Gasteiger partial charge in [-0.1, -0.05) is 34.5 Å². The van der Waals surface area contributed by atoms with Crippen molar-refractivity contribution in [1.29, 1.82) is 0 Å². The highest BCUT2D eigenvalue weighted by Gasteiger charge is 2.26. The maximum Gasteiger partial charge on any atom is 0.0537 e. The van der Waals surface area contributed by atoms with Crippen LogP contribution in [0.2, 0.25) is 5.02 Å². The first kappa shape index (κ1) is 12.0. The van der Waals surface area contributed by atoms with E-state index >= 15 is 0 Å². The fourth-order valence-electron chi connectivity index (χ4n) is 1.22. The molecule has 1 unspecified atom stereocenters. The van der Waals surface area contributed by atoms with E-state index in [1.807, 2.05) is 19.1 Å². The molecular formula is C10H13BrClNO. The molecule has 78 valence electrons. The molecule has 2 nitrogen and oxygen atoms in total. The van der Waals surface area contributed by atoms with Crippen molar-refractivity contribution in [3.8, 4) is 0 Å². The quantitative estimate of drug-likeness (QED) is 0.891. The zero-order valence-electron chi connectivity index (χ0n) is 7.93. The average Bonchev–Trinajstić information content (AvgIpc) is 2.20. The summed E-state index contributed by atoms with van der Waals surface area (Å²) in [6, 6.07) is 5.49. The predicted molar refractivity (Wildman–Crippen MR) is 62.6 cm³/mol. The van der Waals surface area contributed by atoms with E-state index in [4.69, 9.17) is 17.3 Å². The van der Waals surface area contributed by atoms with Gasteiger partial charge in [-0.15, -0.1) is 0 Å². The van der Waals surface area contributed by atoms with Gasteiger partial charge in [0.2, 0.25) is 0 Å². The molecule has 3 N–H and O–H groups in total. The fraction of sp³-hybridized carbons (Fsp3) is 0.400. The molecule has 0 saturated heterocycles. The molecule has 0 aromatic heterocycles. The summed E-state index contributed by atoms with van der Waals surface area (Å²) in [6.45, 7) is 2.29. The van der Waals surface area contributed by atoms with Crippen LogP contribution in [0.1, 0.15) is 12.5 Å². The van der Waals surface area contributed by atoms with Crippen molar-refractivity contribution in [1.82, 2.24) is 0 Å². The molecule has 0 amide bonds. The van der Waals surface area contributed by atoms with Crippen molar-refractivity contribution in [2.24, 2.45) is 5.73 Å². The third-order valence-corrected chi connectivity index (χ3v) is 3.30. The zero-order chi connectivity index (χ0) is 10.8. The molecule has 0 heterocycles. The molecule has 0 radical (unpaired) electrons. The molecule has 0 aliphatic heterocycles. The first-order valence-corrected chi connectivity index (χ1v) is 5.47. The van der Waals surface area contributed by atoms with Gasteiger partial charge in [-0.2, -0.15) is 0 Å². The second-order valence-corrected chi connectivity index (χ2v) is 4.84. The molecule has 0 bridgehead atoms. The minimum atomic E-state index is -0.441. The van der Waals surface area contributed by atoms with E-state index in [9.17, 15) is 5.11 Å². The lowest BCUT2D eigenvalue weighted by Crippen LogP contribution is -2.35. The highest BCUT2D eigenvalue weighted by atomic mass is 79.9. The monoisotopic (exact) mass is 277 g/mol. The van der Waals surface area contributed by atoms with Crippen LogP contribution in [0.5, 0.6) is 0 Å². The summed E-state index contributed by atoms with van der Waals surface area (Å²) in [4.78, 5) is 0. The number of hydrogen-bond acceptors (Lipinski definition) is 2. The summed E-state index contributed by atoms with van der Waals surface area (Å²) in [6.07, 6.45) is 0. The summed E-state index contributed by atoms with van der Waals surface area (Å²) in [5.41, 5.74) is 6.14. The van der Waals surface area contributed by atoms with Crippen LogP contribution in [-0.4, -0.2) is 18.3 Å². The molecule has 0 aliphatic carbocycles. The largest absolute Gasteiger partial charge is 0.395 e. The standard InChI is InChI=1S/C10H13BrClNO/c1-10(5-13,6-14)8-4-7(12)2-3-9(8)11/h2-4,14H,5-6,13H2,1H3. The van der Waals surface area contributed by atoms with Gasteiger partial charge in [-0.25, -0.2) is 0 Å². The Morgan fingerprint density at radius 2 is 2.21 bits per heavy atom. The van der Waals surface area contributed by atoms with E-state index in [0.717, 1.165) is 10.0 Å². The van der Waals surface area contributed by atoms with E-state index in [1.165, 1.54) is 0 Å². The van der Waals surface area contributed by atoms with Gasteiger partial charge in [0.15, 0.2) is 0 Å². The maximum atomic E-state index is 9.31. The Hall–Kier alpha value is -0.0900. The van der Waals surface area contributed by atoms with Crippen LogP contribution in [0.4, 0.5) is 0 Å². The van der Waals surface area contributed by atoms with Crippen molar-refractivity contribution in [3.63, 3.8) is 0 Å². The minimum absolute atomic E-state index is 0.00242. The summed E-state index contributed by atoms with van der Waals surface area (Å²) in [5, 5.41) is 9.96. The molecule has 0 saturated carbocycles. The number of rotatable bonds is 3. The maximum absolute atomic E-state index is 9.31. The summed E-state index contributed by atoms with van der Waals surface area (Å²) >= 11 is 9.32. The molecule has 1 aromatic rings. The topological polar surface area (TPSA) is 46.2 Å². The smallest absolute Gasteiger partial charge is 0.0537 e. The molecule has 0 aliphatic rings. The predicted octanol–water partition coefficient (Wildman–Crippen LogP) is 2.31. The fourth-order valence-corrected chi connectivity index (χ4v) is 2.12. The number of aliphatic hydroxyl groups excluding tert-OH is 1. The summed E-state index contributed by atoms with van der Waals surface area (Å²) in [5.74, 6) is 0. The Morgan fingerprint density at radius 3 is 2.71 bits per heavy atom. The van der Waals surface area contributed by atoms with Gasteiger partial charge in [-0.05, 0) is 23.8 Å². The van der Waals surface area contributed by atoms with Gasteiger partial charge < -0.3 is 10.8 Å². The highest BCUT2D eigenvalue weighted by molar-refractivity contribution is 9.10. The lowest BCUT2D eigenvalue weighted by atomic mass is 9.83. The SMILES string of the molecule is CC(CN)(CO)c1cc(Cl)ccc1Br. The molecule has 0 fully saturated rings. The Labute approximate surface area is 97.2 Å². The number of nitrogens with two attached hydrogens (primary N) is 1. The van der Waals surface area contributed by atoms with Crippen molar-refractivity contribution >= 4 is 27.5 Å². The van der Waals surface area contributed by atoms with Crippen LogP contribution in [0.3, 0.4) is 0 Å². The van der Waals surface area contributed by atoms with Crippen molar-refractivity contribution in [2.75, 3.05) is 13.2 Å². The lowest BCUT2D eigenvalue weighted by molar-refractivity contribution is 0.210. The molecule has 0 spiro atoms. The normalized spacial score (nSPS) is 15.2. The molecule has 14 heavy (non-hydrogen) atoms. The molecule has 1 atom stereocenters. The number of benzene rings is 1. The van der Waals surface area contributed by atoms with Crippen LogP contribution >= 0.6 is 27.5 Å². The van der Waals surface area contributed by atoms with E-state index in [1.54, 1.807) is 6.07 Å². The molecular weight excluding hydrogens is 265 g/mol. The zero-order valence-corrected chi connectivity index (χ0v) is 10.3. The summed E-state index contributed by atoms with van der Waals surface area (Å²) < 4.78 is 0.920. The second kappa shape index (κ2) is 4.62. The van der Waals surface area contributed by atoms with Gasteiger partial charge in [0, 0.05) is 21.5 Å². The Morgan fingerprint density at radius 1 is 1.57 bits per heavy atom. The van der Waals surface area contributed by atoms with Crippen LogP contribution in [0.25, 0.3) is 0 Å². The third-order valence-electron chi connectivity index (χ3n) is 2.38. The molecule has 1 rings (SSSR count). The molecule has 1 aromatic carbocycles. The average molecular weight is 279 g/mol. The van der Waals surface area contributed by atoms with E-state index < -0.39 is 5.41 Å². The second-order valence-electron chi connectivity index (χ2n) is 3.55. The van der Waals surface area contributed by atoms with E-state index in [0.29, 0.717) is 11.6 Å². The van der Waals surface area contributed by atoms with Crippen LogP contribution in [-0.2, 0) is 5.41 Å². The van der Waals surface area contributed by atoms with Crippen molar-refractivity contribution in [3.05, 3.63) is 33.3 Å². The van der Waals surface area contributed by atoms with E-state index in [2.05, 4.69) is 15.9 Å². The van der Waals surface area contributed by atoms with Crippen LogP contribution in [0, 0.1) is 0 Å². The first-order chi connectivity index (χ1) is 6.53. The summed E-state index contributed by atoms with van der Waals surface area (Å²) in [7, 11) is 0. The Bertz CT molecular complexity index is 326. The number of halogens is 2. The van der Waals surface area contributed by atoms with Gasteiger partial charge in [0.05, 0.1) is 6.61 Å². The Kier molecular flexibility index (Phi) is 3.95. The highest BCUT2D eigenvalue weighted by Crippen LogP contribution is 2.31. The van der Waals surface area contributed by atoms with Gasteiger partial charge >= 0.3 is 0 Å². The number of aliphatic hydroxyl groups is 1. The van der Waals surface area contributed by atoms with Crippen LogP contribution in [0.15, 0.2) is 22.7 Å². The van der Waals surface area contributed by atoms with Crippen LogP contribution < -0.4 is 5.73 Å². The lowest BCUT2D eigenvalue weighted by Gasteiger charge is -2.27. The Balaban J connectivity index is 3.22. The minimum Gasteiger partial charge on any atom is -0.395 e. The van der Waals surface area contributed by atoms with Crippen molar-refractivity contribution < 1.29 is 5.11 Å². The van der Waals surface area contributed by atoms with E-state index in [-0.39, 0.29) is 6.61 Å².